The van der Waals surface area contributed by atoms with Crippen LogP contribution in [0.4, 0.5) is 24.5 Å². The number of hydrogen-bond donors (Lipinski definition) is 3. The van der Waals surface area contributed by atoms with Gasteiger partial charge in [-0.15, -0.1) is 11.3 Å². The summed E-state index contributed by atoms with van der Waals surface area (Å²) in [5.74, 6) is -1.02. The molecule has 0 fully saturated rings. The second kappa shape index (κ2) is 10.7. The summed E-state index contributed by atoms with van der Waals surface area (Å²) in [6.45, 7) is 1.57. The summed E-state index contributed by atoms with van der Waals surface area (Å²) in [5.41, 5.74) is 2.32. The zero-order chi connectivity index (χ0) is 26.6. The van der Waals surface area contributed by atoms with Gasteiger partial charge in [-0.25, -0.2) is 4.79 Å². The van der Waals surface area contributed by atoms with E-state index in [9.17, 15) is 33.2 Å². The van der Waals surface area contributed by atoms with Crippen LogP contribution in [0.25, 0.3) is 10.4 Å². The Morgan fingerprint density at radius 3 is 2.44 bits per heavy atom. The highest BCUT2D eigenvalue weighted by Crippen LogP contribution is 2.40. The van der Waals surface area contributed by atoms with Crippen LogP contribution >= 0.6 is 23.6 Å². The van der Waals surface area contributed by atoms with E-state index in [4.69, 9.17) is 12.2 Å². The lowest BCUT2D eigenvalue weighted by Crippen LogP contribution is -2.25. The first kappa shape index (κ1) is 26.6. The van der Waals surface area contributed by atoms with Crippen molar-refractivity contribution in [3.63, 3.8) is 0 Å². The SMILES string of the molecule is COC(=O)c1ccc(NC(=S)N/N=C(/C)c2csc(-c3ccc(C(F)(F)F)cc3)c2O)cc1[N+](=O)[O-]. The highest BCUT2D eigenvalue weighted by atomic mass is 32.1. The van der Waals surface area contributed by atoms with Gasteiger partial charge in [0.2, 0.25) is 0 Å². The highest BCUT2D eigenvalue weighted by Gasteiger charge is 2.30. The van der Waals surface area contributed by atoms with Gasteiger partial charge in [-0.1, -0.05) is 12.1 Å². The molecule has 0 atom stereocenters. The van der Waals surface area contributed by atoms with E-state index in [1.54, 1.807) is 12.3 Å². The van der Waals surface area contributed by atoms with Crippen molar-refractivity contribution in [1.29, 1.82) is 0 Å². The minimum atomic E-state index is -4.46. The summed E-state index contributed by atoms with van der Waals surface area (Å²) in [4.78, 5) is 22.6. The fourth-order valence-corrected chi connectivity index (χ4v) is 4.20. The number of carbonyl (C=O) groups is 1. The molecular formula is C22H17F3N4O5S2. The molecule has 0 radical (unpaired) electrons. The van der Waals surface area contributed by atoms with Crippen LogP contribution in [0.5, 0.6) is 5.75 Å². The molecule has 0 saturated carbocycles. The lowest BCUT2D eigenvalue weighted by Gasteiger charge is -2.09. The number of nitro groups is 1. The van der Waals surface area contributed by atoms with E-state index in [0.29, 0.717) is 21.7 Å². The Hall–Kier alpha value is -4.04. The Labute approximate surface area is 211 Å². The average molecular weight is 539 g/mol. The van der Waals surface area contributed by atoms with Gasteiger partial charge < -0.3 is 15.2 Å². The number of carbonyl (C=O) groups excluding carboxylic acids is 1. The first-order valence-electron chi connectivity index (χ1n) is 9.89. The van der Waals surface area contributed by atoms with Crippen molar-refractivity contribution in [2.75, 3.05) is 12.4 Å². The lowest BCUT2D eigenvalue weighted by molar-refractivity contribution is -0.385. The normalized spacial score (nSPS) is 11.6. The number of hydrogen-bond acceptors (Lipinski definition) is 8. The topological polar surface area (TPSA) is 126 Å². The van der Waals surface area contributed by atoms with E-state index in [1.165, 1.54) is 24.3 Å². The first-order valence-corrected chi connectivity index (χ1v) is 11.2. The zero-order valence-corrected chi connectivity index (χ0v) is 20.2. The number of nitrogens with one attached hydrogen (secondary N) is 2. The number of halogens is 3. The lowest BCUT2D eigenvalue weighted by atomic mass is 10.1. The molecule has 0 aliphatic rings. The van der Waals surface area contributed by atoms with E-state index in [1.807, 2.05) is 0 Å². The molecule has 0 bridgehead atoms. The minimum absolute atomic E-state index is 0.0350. The van der Waals surface area contributed by atoms with Crippen molar-refractivity contribution in [1.82, 2.24) is 5.43 Å². The van der Waals surface area contributed by atoms with Crippen molar-refractivity contribution in [3.8, 4) is 16.2 Å². The van der Waals surface area contributed by atoms with Crippen LogP contribution < -0.4 is 10.7 Å². The fourth-order valence-electron chi connectivity index (χ4n) is 3.02. The number of nitrogens with zero attached hydrogens (tertiary/aromatic N) is 2. The van der Waals surface area contributed by atoms with Crippen LogP contribution in [-0.4, -0.2) is 33.9 Å². The van der Waals surface area contributed by atoms with Crippen LogP contribution in [0.15, 0.2) is 52.9 Å². The second-order valence-electron chi connectivity index (χ2n) is 7.15. The van der Waals surface area contributed by atoms with E-state index >= 15 is 0 Å². The van der Waals surface area contributed by atoms with Gasteiger partial charge >= 0.3 is 12.1 Å². The van der Waals surface area contributed by atoms with Gasteiger partial charge in [0, 0.05) is 17.1 Å². The van der Waals surface area contributed by atoms with Crippen LogP contribution in [0.2, 0.25) is 0 Å². The Morgan fingerprint density at radius 1 is 1.19 bits per heavy atom. The molecule has 0 spiro atoms. The molecule has 0 amide bonds. The van der Waals surface area contributed by atoms with Crippen molar-refractivity contribution < 1.29 is 32.7 Å². The average Bonchev–Trinajstić information content (AvgIpc) is 3.22. The van der Waals surface area contributed by atoms with Crippen LogP contribution in [0.3, 0.4) is 0 Å². The standard InChI is InChI=1S/C22H17F3N4O5S2/c1-11(16-10-36-19(18(16)30)12-3-5-13(6-4-12)22(23,24)25)27-28-21(35)26-14-7-8-15(20(31)34-2)17(9-14)29(32)33/h3-10,30H,1-2H3,(H2,26,28,35)/b27-11-. The largest absolute Gasteiger partial charge is 0.506 e. The minimum Gasteiger partial charge on any atom is -0.506 e. The van der Waals surface area contributed by atoms with Gasteiger partial charge in [0.05, 0.1) is 33.7 Å². The first-order chi connectivity index (χ1) is 16.9. The number of alkyl halides is 3. The molecule has 0 aliphatic heterocycles. The number of thiophene rings is 1. The quantitative estimate of drug-likeness (QED) is 0.123. The summed E-state index contributed by atoms with van der Waals surface area (Å²) in [5, 5.41) is 30.2. The summed E-state index contributed by atoms with van der Waals surface area (Å²) in [6.07, 6.45) is -4.46. The molecular weight excluding hydrogens is 521 g/mol. The number of rotatable bonds is 6. The van der Waals surface area contributed by atoms with Gasteiger partial charge in [0.1, 0.15) is 11.3 Å². The van der Waals surface area contributed by atoms with Gasteiger partial charge in [-0.2, -0.15) is 18.3 Å². The predicted molar refractivity (Wildman–Crippen MR) is 132 cm³/mol. The molecule has 2 aromatic carbocycles. The molecule has 0 unspecified atom stereocenters. The third-order valence-electron chi connectivity index (χ3n) is 4.81. The van der Waals surface area contributed by atoms with Crippen molar-refractivity contribution in [2.45, 2.75) is 13.1 Å². The summed E-state index contributed by atoms with van der Waals surface area (Å²) >= 11 is 6.26. The molecule has 36 heavy (non-hydrogen) atoms. The van der Waals surface area contributed by atoms with E-state index in [2.05, 4.69) is 20.6 Å². The maximum absolute atomic E-state index is 12.8. The number of benzene rings is 2. The van der Waals surface area contributed by atoms with E-state index in [0.717, 1.165) is 36.6 Å². The maximum atomic E-state index is 12.8. The van der Waals surface area contributed by atoms with Crippen molar-refractivity contribution in [3.05, 3.63) is 74.6 Å². The Morgan fingerprint density at radius 2 is 1.86 bits per heavy atom. The predicted octanol–water partition coefficient (Wildman–Crippen LogP) is 5.54. The summed E-state index contributed by atoms with van der Waals surface area (Å²) in [7, 11) is 1.11. The molecule has 1 heterocycles. The molecule has 1 aromatic heterocycles. The van der Waals surface area contributed by atoms with E-state index < -0.39 is 28.3 Å². The Balaban J connectivity index is 1.72. The molecule has 3 rings (SSSR count). The van der Waals surface area contributed by atoms with E-state index in [-0.39, 0.29) is 22.1 Å². The molecule has 9 nitrogen and oxygen atoms in total. The number of hydrazone groups is 1. The molecule has 3 aromatic rings. The number of aromatic hydroxyl groups is 1. The summed E-state index contributed by atoms with van der Waals surface area (Å²) < 4.78 is 42.9. The second-order valence-corrected chi connectivity index (χ2v) is 8.43. The van der Waals surface area contributed by atoms with Crippen LogP contribution in [0.1, 0.15) is 28.4 Å². The number of esters is 1. The molecule has 188 valence electrons. The molecule has 0 aliphatic carbocycles. The van der Waals surface area contributed by atoms with Crippen LogP contribution in [0, 0.1) is 10.1 Å². The van der Waals surface area contributed by atoms with Gasteiger partial charge in [-0.3, -0.25) is 15.5 Å². The fraction of sp³-hybridized carbons (Fsp3) is 0.136. The third-order valence-corrected chi connectivity index (χ3v) is 6.02. The zero-order valence-electron chi connectivity index (χ0n) is 18.5. The number of thiocarbonyl (C=S) groups is 1. The number of nitro benzene ring substituents is 1. The monoisotopic (exact) mass is 538 g/mol. The van der Waals surface area contributed by atoms with Crippen molar-refractivity contribution in [2.24, 2.45) is 5.10 Å². The van der Waals surface area contributed by atoms with Gasteiger partial charge in [0.15, 0.2) is 5.11 Å². The van der Waals surface area contributed by atoms with Crippen LogP contribution in [-0.2, 0) is 10.9 Å². The van der Waals surface area contributed by atoms with Gasteiger partial charge in [-0.05, 0) is 49.0 Å². The summed E-state index contributed by atoms with van der Waals surface area (Å²) in [6, 6.07) is 8.13. The molecule has 3 N–H and O–H groups in total. The third kappa shape index (κ3) is 5.95. The maximum Gasteiger partial charge on any atom is 0.416 e. The number of anilines is 1. The molecule has 0 saturated heterocycles. The van der Waals surface area contributed by atoms with Crippen molar-refractivity contribution >= 4 is 51.7 Å². The Bertz CT molecular complexity index is 1350. The highest BCUT2D eigenvalue weighted by molar-refractivity contribution is 7.80. The number of ether oxygens (including phenoxy) is 1. The van der Waals surface area contributed by atoms with Gasteiger partial charge in [0.25, 0.3) is 5.69 Å². The molecule has 14 heteroatoms. The number of methoxy groups -OCH3 is 1. The smallest absolute Gasteiger partial charge is 0.416 e. The Kier molecular flexibility index (Phi) is 7.90.